The Hall–Kier alpha value is -13.5. The maximum Gasteiger partial charge on any atom is 0.0165 e. The molecule has 2 aliphatic carbocycles. The summed E-state index contributed by atoms with van der Waals surface area (Å²) in [4.78, 5) is 0. The molecule has 0 saturated heterocycles. The third-order valence-electron chi connectivity index (χ3n) is 25.0. The predicted octanol–water partition coefficient (Wildman–Crippen LogP) is 30.7. The molecule has 0 fully saturated rings. The third kappa shape index (κ3) is 9.52. The zero-order valence-electron chi connectivity index (χ0n) is 61.8. The molecule has 0 aromatic heterocycles. The van der Waals surface area contributed by atoms with Crippen LogP contribution in [0.2, 0.25) is 0 Å². The molecule has 2 aliphatic rings. The van der Waals surface area contributed by atoms with E-state index in [0.29, 0.717) is 0 Å². The fourth-order valence-electron chi connectivity index (χ4n) is 20.1. The smallest absolute Gasteiger partial charge is 0.0165 e. The molecular formula is C110H74. The minimum absolute atomic E-state index is 0.125. The van der Waals surface area contributed by atoms with E-state index in [2.05, 4.69) is 404 Å². The quantitative estimate of drug-likeness (QED) is 0.115. The lowest BCUT2D eigenvalue weighted by Crippen LogP contribution is -2.15. The molecule has 0 heteroatoms. The van der Waals surface area contributed by atoms with E-state index in [4.69, 9.17) is 0 Å². The lowest BCUT2D eigenvalue weighted by molar-refractivity contribution is 0.666. The van der Waals surface area contributed by atoms with Gasteiger partial charge in [0.25, 0.3) is 0 Å². The van der Waals surface area contributed by atoms with Crippen molar-refractivity contribution in [2.75, 3.05) is 0 Å². The summed E-state index contributed by atoms with van der Waals surface area (Å²) in [7, 11) is 0. The zero-order chi connectivity index (χ0) is 73.1. The number of hydrogen-bond donors (Lipinski definition) is 0. The van der Waals surface area contributed by atoms with E-state index in [1.54, 1.807) is 0 Å². The summed E-state index contributed by atoms with van der Waals surface area (Å²) in [5, 5.41) is 28.5. The molecular weight excluding hydrogens is 1320 g/mol. The second-order valence-corrected chi connectivity index (χ2v) is 31.5. The van der Waals surface area contributed by atoms with Gasteiger partial charge in [0, 0.05) is 10.8 Å². The van der Waals surface area contributed by atoms with Gasteiger partial charge in [-0.25, -0.2) is 0 Å². The lowest BCUT2D eigenvalue weighted by Gasteiger charge is -2.24. The highest BCUT2D eigenvalue weighted by Crippen LogP contribution is 2.59. The van der Waals surface area contributed by atoms with Crippen LogP contribution in [0, 0.1) is 0 Å². The molecule has 0 radical (unpaired) electrons. The Labute approximate surface area is 640 Å². The Bertz CT molecular complexity index is 7390. The Morgan fingerprint density at radius 3 is 0.873 bits per heavy atom. The van der Waals surface area contributed by atoms with Gasteiger partial charge in [-0.3, -0.25) is 0 Å². The number of fused-ring (bicyclic) bond motifs is 24. The van der Waals surface area contributed by atoms with Gasteiger partial charge < -0.3 is 0 Å². The molecule has 110 heavy (non-hydrogen) atoms. The Kier molecular flexibility index (Phi) is 14.2. The first-order chi connectivity index (χ1) is 54.1. The molecule has 0 saturated carbocycles. The summed E-state index contributed by atoms with van der Waals surface area (Å²) in [5.74, 6) is 0. The van der Waals surface area contributed by atoms with Crippen molar-refractivity contribution < 1.29 is 0 Å². The van der Waals surface area contributed by atoms with E-state index in [-0.39, 0.29) is 10.8 Å². The molecule has 0 spiro atoms. The van der Waals surface area contributed by atoms with Crippen LogP contribution in [0.4, 0.5) is 0 Å². The third-order valence-corrected chi connectivity index (χ3v) is 25.0. The van der Waals surface area contributed by atoms with Gasteiger partial charge in [-0.05, 0) is 260 Å². The SMILES string of the molecule is CC1(C)c2ccc(-c3c4ccccc4c(-c4ccc(-c5ccc6ccccc6c5)cc4)c4ccccc34)cc2-c2c1c1ccccc1c1ccccc21.CC1(C)c2ccc(-c3c4ccccc4c(-c4cccc(-c5cc6ccccc6c6ccccc56)c4)c4ccccc34)cc2-c2c1c1ccccc1c1ccccc21. The van der Waals surface area contributed by atoms with Gasteiger partial charge in [0.2, 0.25) is 0 Å². The molecule has 514 valence electrons. The molecule has 0 unspecified atom stereocenters. The van der Waals surface area contributed by atoms with Gasteiger partial charge in [0.1, 0.15) is 0 Å². The molecule has 0 bridgehead atoms. The highest BCUT2D eigenvalue weighted by molar-refractivity contribution is 6.26. The summed E-state index contributed by atoms with van der Waals surface area (Å²) >= 11 is 0. The Balaban J connectivity index is 0.000000136. The molecule has 0 amide bonds. The van der Waals surface area contributed by atoms with Crippen LogP contribution in [0.15, 0.2) is 376 Å². The Morgan fingerprint density at radius 1 is 0.145 bits per heavy atom. The van der Waals surface area contributed by atoms with Crippen molar-refractivity contribution in [3.8, 4) is 89.0 Å². The standard InChI is InChI=1S/C57H38.C53H36/c1-57(2)52-31-30-38(34-51(52)55-44-24-9-7-21-41(44)42-22-8-14-29-49(42)56(55)57)54-47-27-12-10-25-45(47)53(46-26-11-13-28-48(46)54)37-18-15-17-35(32-37)50-33-36-16-3-4-19-39(36)40-20-5-6-23-43(40)50;1-53(2)48-30-29-38(32-47(48)51-41-17-7-5-15-39(41)40-16-6-12-22-46(40)52(51)53)50-44-20-10-8-18-42(44)49(43-19-9-11-21-45(43)50)35-26-23-34(24-27-35)37-28-25-33-13-3-4-14-36(33)31-37/h3-34H,1-2H3;3-32H,1-2H3. The summed E-state index contributed by atoms with van der Waals surface area (Å²) in [6.45, 7) is 9.63. The minimum Gasteiger partial charge on any atom is -0.0616 e. The molecule has 0 atom stereocenters. The first kappa shape index (κ1) is 63.7. The van der Waals surface area contributed by atoms with Crippen LogP contribution in [0.5, 0.6) is 0 Å². The van der Waals surface area contributed by atoms with Crippen LogP contribution in [0.25, 0.3) is 208 Å². The number of hydrogen-bond acceptors (Lipinski definition) is 0. The maximum absolute atomic E-state index is 2.50. The molecule has 0 heterocycles. The van der Waals surface area contributed by atoms with Gasteiger partial charge in [-0.2, -0.15) is 0 Å². The molecule has 0 N–H and O–H groups in total. The van der Waals surface area contributed by atoms with Gasteiger partial charge in [0.15, 0.2) is 0 Å². The van der Waals surface area contributed by atoms with Crippen molar-refractivity contribution in [2.24, 2.45) is 0 Å². The van der Waals surface area contributed by atoms with E-state index in [0.717, 1.165) is 0 Å². The molecule has 0 aliphatic heterocycles. The van der Waals surface area contributed by atoms with E-state index >= 15 is 0 Å². The van der Waals surface area contributed by atoms with E-state index in [1.807, 2.05) is 0 Å². The monoisotopic (exact) mass is 1390 g/mol. The first-order valence-corrected chi connectivity index (χ1v) is 38.8. The first-order valence-electron chi connectivity index (χ1n) is 38.8. The lowest BCUT2D eigenvalue weighted by atomic mass is 9.79. The van der Waals surface area contributed by atoms with E-state index in [9.17, 15) is 0 Å². The van der Waals surface area contributed by atoms with Crippen LogP contribution >= 0.6 is 0 Å². The molecule has 23 rings (SSSR count). The maximum atomic E-state index is 2.50. The average molecular weight is 1400 g/mol. The summed E-state index contributed by atoms with van der Waals surface area (Å²) < 4.78 is 0. The Morgan fingerprint density at radius 2 is 0.436 bits per heavy atom. The second kappa shape index (κ2) is 24.5. The van der Waals surface area contributed by atoms with Gasteiger partial charge in [-0.15, -0.1) is 0 Å². The van der Waals surface area contributed by atoms with Crippen LogP contribution in [-0.4, -0.2) is 0 Å². The summed E-state index contributed by atoms with van der Waals surface area (Å²) in [5.41, 5.74) is 26.0. The second-order valence-electron chi connectivity index (χ2n) is 31.5. The fraction of sp³-hybridized carbons (Fsp3) is 0.0545. The van der Waals surface area contributed by atoms with Crippen LogP contribution in [0.3, 0.4) is 0 Å². The van der Waals surface area contributed by atoms with Crippen LogP contribution < -0.4 is 0 Å². The van der Waals surface area contributed by atoms with Crippen molar-refractivity contribution in [2.45, 2.75) is 38.5 Å². The average Bonchev–Trinajstić information content (AvgIpc) is 1.59. The largest absolute Gasteiger partial charge is 0.0616 e. The minimum atomic E-state index is -0.137. The van der Waals surface area contributed by atoms with Crippen molar-refractivity contribution >= 4 is 118 Å². The summed E-state index contributed by atoms with van der Waals surface area (Å²) in [6, 6.07) is 140. The van der Waals surface area contributed by atoms with E-state index in [1.165, 1.54) is 230 Å². The predicted molar refractivity (Wildman–Crippen MR) is 473 cm³/mol. The van der Waals surface area contributed by atoms with Crippen LogP contribution in [-0.2, 0) is 10.8 Å². The van der Waals surface area contributed by atoms with Crippen LogP contribution in [0.1, 0.15) is 49.9 Å². The summed E-state index contributed by atoms with van der Waals surface area (Å²) in [6.07, 6.45) is 0. The highest BCUT2D eigenvalue weighted by Gasteiger charge is 2.41. The number of rotatable bonds is 6. The van der Waals surface area contributed by atoms with Gasteiger partial charge in [-0.1, -0.05) is 373 Å². The van der Waals surface area contributed by atoms with Crippen molar-refractivity contribution in [1.29, 1.82) is 0 Å². The van der Waals surface area contributed by atoms with Crippen molar-refractivity contribution in [1.82, 2.24) is 0 Å². The van der Waals surface area contributed by atoms with E-state index < -0.39 is 0 Å². The van der Waals surface area contributed by atoms with Gasteiger partial charge >= 0.3 is 0 Å². The molecule has 0 nitrogen and oxygen atoms in total. The van der Waals surface area contributed by atoms with Gasteiger partial charge in [0.05, 0.1) is 0 Å². The van der Waals surface area contributed by atoms with Crippen molar-refractivity contribution in [3.63, 3.8) is 0 Å². The molecule has 21 aromatic rings. The topological polar surface area (TPSA) is 0 Å². The fourth-order valence-corrected chi connectivity index (χ4v) is 20.1. The van der Waals surface area contributed by atoms with Crippen molar-refractivity contribution in [3.05, 3.63) is 398 Å². The zero-order valence-corrected chi connectivity index (χ0v) is 61.8. The molecule has 21 aromatic carbocycles. The normalized spacial score (nSPS) is 13.2. The number of benzene rings is 21. The highest BCUT2D eigenvalue weighted by atomic mass is 14.4.